The van der Waals surface area contributed by atoms with Crippen molar-refractivity contribution < 1.29 is 38.1 Å². The van der Waals surface area contributed by atoms with E-state index in [2.05, 4.69) is 13.2 Å². The average Bonchev–Trinajstić information content (AvgIpc) is 2.86. The molecule has 36 heavy (non-hydrogen) atoms. The second-order valence-corrected chi connectivity index (χ2v) is 7.55. The molecule has 3 aromatic rings. The summed E-state index contributed by atoms with van der Waals surface area (Å²) in [6.07, 6.45) is 1.03. The van der Waals surface area contributed by atoms with Gasteiger partial charge in [0, 0.05) is 11.6 Å². The number of carbonyl (C=O) groups excluding carboxylic acids is 4. The van der Waals surface area contributed by atoms with E-state index in [0.717, 1.165) is 6.08 Å². The van der Waals surface area contributed by atoms with Gasteiger partial charge in [0.15, 0.2) is 0 Å². The van der Waals surface area contributed by atoms with Gasteiger partial charge in [0.25, 0.3) is 0 Å². The summed E-state index contributed by atoms with van der Waals surface area (Å²) < 4.78 is 20.9. The van der Waals surface area contributed by atoms with Crippen LogP contribution in [0.2, 0.25) is 0 Å². The molecule has 0 aliphatic carbocycles. The smallest absolute Gasteiger partial charge is 0.343 e. The normalized spacial score (nSPS) is 10.1. The maximum absolute atomic E-state index is 12.5. The molecule has 0 spiro atoms. The molecule has 0 bridgehead atoms. The molecule has 0 unspecified atom stereocenters. The first-order valence-electron chi connectivity index (χ1n) is 10.6. The quantitative estimate of drug-likeness (QED) is 0.249. The van der Waals surface area contributed by atoms with Crippen LogP contribution in [-0.2, 0) is 9.59 Å². The molecule has 3 aromatic carbocycles. The van der Waals surface area contributed by atoms with E-state index in [1.807, 2.05) is 0 Å². The topological polar surface area (TPSA) is 105 Å². The Morgan fingerprint density at radius 2 is 1.19 bits per heavy atom. The van der Waals surface area contributed by atoms with E-state index in [-0.39, 0.29) is 39.7 Å². The molecule has 8 heteroatoms. The number of hydrogen-bond acceptors (Lipinski definition) is 8. The van der Waals surface area contributed by atoms with Crippen molar-refractivity contribution in [3.63, 3.8) is 0 Å². The lowest BCUT2D eigenvalue weighted by Crippen LogP contribution is -2.11. The van der Waals surface area contributed by atoms with Gasteiger partial charge in [-0.1, -0.05) is 13.2 Å². The Labute approximate surface area is 207 Å². The maximum atomic E-state index is 12.5. The van der Waals surface area contributed by atoms with E-state index in [4.69, 9.17) is 18.9 Å². The van der Waals surface area contributed by atoms with Gasteiger partial charge < -0.3 is 18.9 Å². The van der Waals surface area contributed by atoms with E-state index < -0.39 is 23.9 Å². The van der Waals surface area contributed by atoms with Crippen LogP contribution < -0.4 is 18.9 Å². The Hall–Kier alpha value is -4.98. The van der Waals surface area contributed by atoms with Crippen molar-refractivity contribution in [2.45, 2.75) is 13.8 Å². The lowest BCUT2D eigenvalue weighted by Gasteiger charge is -2.10. The highest BCUT2D eigenvalue weighted by Crippen LogP contribution is 2.26. The summed E-state index contributed by atoms with van der Waals surface area (Å²) in [6.45, 7) is 10.1. The average molecular weight is 486 g/mol. The van der Waals surface area contributed by atoms with E-state index >= 15 is 0 Å². The Morgan fingerprint density at radius 3 is 1.69 bits per heavy atom. The van der Waals surface area contributed by atoms with Gasteiger partial charge in [-0.3, -0.25) is 0 Å². The molecule has 0 N–H and O–H groups in total. The fourth-order valence-electron chi connectivity index (χ4n) is 2.79. The summed E-state index contributed by atoms with van der Waals surface area (Å²) in [4.78, 5) is 47.7. The second-order valence-electron chi connectivity index (χ2n) is 7.55. The molecule has 8 nitrogen and oxygen atoms in total. The zero-order chi connectivity index (χ0) is 26.2. The molecule has 0 aromatic heterocycles. The van der Waals surface area contributed by atoms with Crippen molar-refractivity contribution in [2.75, 3.05) is 0 Å². The molecule has 0 radical (unpaired) electrons. The predicted molar refractivity (Wildman–Crippen MR) is 130 cm³/mol. The lowest BCUT2D eigenvalue weighted by molar-refractivity contribution is -0.130. The fourth-order valence-corrected chi connectivity index (χ4v) is 2.79. The highest BCUT2D eigenvalue weighted by atomic mass is 16.5. The van der Waals surface area contributed by atoms with Crippen LogP contribution in [0.25, 0.3) is 0 Å². The Bertz CT molecular complexity index is 1330. The van der Waals surface area contributed by atoms with Crippen LogP contribution in [0, 0.1) is 6.92 Å². The van der Waals surface area contributed by atoms with Gasteiger partial charge in [0.2, 0.25) is 0 Å². The van der Waals surface area contributed by atoms with Gasteiger partial charge in [0.1, 0.15) is 23.0 Å². The van der Waals surface area contributed by atoms with Crippen molar-refractivity contribution >= 4 is 23.9 Å². The molecular formula is C28H22O8. The third-order valence-corrected chi connectivity index (χ3v) is 4.68. The summed E-state index contributed by atoms with van der Waals surface area (Å²) >= 11 is 0. The van der Waals surface area contributed by atoms with Crippen LogP contribution in [0.15, 0.2) is 91.5 Å². The molecule has 0 atom stereocenters. The number of carbonyl (C=O) groups is 4. The second kappa shape index (κ2) is 11.4. The third kappa shape index (κ3) is 6.77. The van der Waals surface area contributed by atoms with Gasteiger partial charge in [0.05, 0.1) is 11.1 Å². The lowest BCUT2D eigenvalue weighted by atomic mass is 10.2. The Kier molecular flexibility index (Phi) is 8.14. The standard InChI is InChI=1S/C28H22O8/c1-5-25(29)33-21-10-6-19(7-11-21)27(31)35-23-14-15-24(18(4)16-23)36-28(32)20-8-12-22(13-9-20)34-26(30)17(2)3/h5-16H,1-2H2,3-4H3. The van der Waals surface area contributed by atoms with Gasteiger partial charge in [-0.05, 0) is 86.1 Å². The zero-order valence-electron chi connectivity index (χ0n) is 19.6. The first kappa shape index (κ1) is 25.6. The summed E-state index contributed by atoms with van der Waals surface area (Å²) in [5, 5.41) is 0. The van der Waals surface area contributed by atoms with Gasteiger partial charge in [-0.2, -0.15) is 0 Å². The third-order valence-electron chi connectivity index (χ3n) is 4.68. The number of benzene rings is 3. The van der Waals surface area contributed by atoms with E-state index in [1.165, 1.54) is 67.6 Å². The minimum atomic E-state index is -0.617. The monoisotopic (exact) mass is 486 g/mol. The number of ether oxygens (including phenoxy) is 4. The Balaban J connectivity index is 1.61. The Morgan fingerprint density at radius 1 is 0.694 bits per heavy atom. The SMILES string of the molecule is C=CC(=O)Oc1ccc(C(=O)Oc2ccc(OC(=O)c3ccc(OC(=O)C(=C)C)cc3)c(C)c2)cc1. The number of esters is 4. The molecule has 182 valence electrons. The molecule has 3 rings (SSSR count). The van der Waals surface area contributed by atoms with E-state index in [9.17, 15) is 19.2 Å². The van der Waals surface area contributed by atoms with Crippen molar-refractivity contribution in [2.24, 2.45) is 0 Å². The minimum Gasteiger partial charge on any atom is -0.423 e. The van der Waals surface area contributed by atoms with Gasteiger partial charge in [-0.25, -0.2) is 19.2 Å². The molecule has 0 amide bonds. The van der Waals surface area contributed by atoms with E-state index in [1.54, 1.807) is 13.0 Å². The molecule has 0 aliphatic heterocycles. The van der Waals surface area contributed by atoms with Crippen LogP contribution >= 0.6 is 0 Å². The molecule has 0 fully saturated rings. The highest BCUT2D eigenvalue weighted by Gasteiger charge is 2.14. The molecule has 0 saturated heterocycles. The number of hydrogen-bond donors (Lipinski definition) is 0. The van der Waals surface area contributed by atoms with Crippen molar-refractivity contribution in [1.82, 2.24) is 0 Å². The minimum absolute atomic E-state index is 0.249. The van der Waals surface area contributed by atoms with Crippen molar-refractivity contribution in [1.29, 1.82) is 0 Å². The fraction of sp³-hybridized carbons (Fsp3) is 0.0714. The zero-order valence-corrected chi connectivity index (χ0v) is 19.6. The summed E-state index contributed by atoms with van der Waals surface area (Å²) in [5.74, 6) is -1.33. The summed E-state index contributed by atoms with van der Waals surface area (Å²) in [6, 6.07) is 16.3. The van der Waals surface area contributed by atoms with Crippen LogP contribution in [0.1, 0.15) is 33.2 Å². The van der Waals surface area contributed by atoms with Gasteiger partial charge in [-0.15, -0.1) is 0 Å². The van der Waals surface area contributed by atoms with Crippen molar-refractivity contribution in [3.8, 4) is 23.0 Å². The predicted octanol–water partition coefficient (Wildman–Crippen LogP) is 5.01. The van der Waals surface area contributed by atoms with Crippen LogP contribution in [0.5, 0.6) is 23.0 Å². The first-order chi connectivity index (χ1) is 17.2. The van der Waals surface area contributed by atoms with E-state index in [0.29, 0.717) is 5.56 Å². The summed E-state index contributed by atoms with van der Waals surface area (Å²) in [5.41, 5.74) is 1.32. The van der Waals surface area contributed by atoms with Crippen LogP contribution in [0.3, 0.4) is 0 Å². The summed E-state index contributed by atoms with van der Waals surface area (Å²) in [7, 11) is 0. The van der Waals surface area contributed by atoms with Crippen molar-refractivity contribution in [3.05, 3.63) is 108 Å². The number of rotatable bonds is 8. The molecular weight excluding hydrogens is 464 g/mol. The van der Waals surface area contributed by atoms with Crippen LogP contribution in [-0.4, -0.2) is 23.9 Å². The maximum Gasteiger partial charge on any atom is 0.343 e. The highest BCUT2D eigenvalue weighted by molar-refractivity contribution is 5.93. The first-order valence-corrected chi connectivity index (χ1v) is 10.6. The molecule has 0 aliphatic rings. The van der Waals surface area contributed by atoms with Gasteiger partial charge >= 0.3 is 23.9 Å². The largest absolute Gasteiger partial charge is 0.423 e. The molecule has 0 saturated carbocycles. The number of aryl methyl sites for hydroxylation is 1. The molecule has 0 heterocycles. The van der Waals surface area contributed by atoms with Crippen LogP contribution in [0.4, 0.5) is 0 Å².